The third-order valence-electron chi connectivity index (χ3n) is 10.2. The molecule has 4 heterocycles. The summed E-state index contributed by atoms with van der Waals surface area (Å²) in [7, 11) is 0. The molecule has 0 radical (unpaired) electrons. The molecule has 3 aromatic heterocycles. The molecule has 14 heteroatoms. The van der Waals surface area contributed by atoms with Crippen LogP contribution < -0.4 is 5.32 Å². The molecule has 254 valence electrons. The van der Waals surface area contributed by atoms with Crippen LogP contribution in [0.2, 0.25) is 0 Å². The molecule has 1 aromatic carbocycles. The molecule has 3 fully saturated rings. The number of hydrogen-bond donors (Lipinski definition) is 2. The normalized spacial score (nSPS) is 20.9. The number of fused-ring (bicyclic) bond motifs is 3. The maximum absolute atomic E-state index is 14.0. The number of aliphatic carboxylic acids is 1. The fourth-order valence-electron chi connectivity index (χ4n) is 7.58. The number of nitrogens with zero attached hydrogens (tertiary/aromatic N) is 5. The third kappa shape index (κ3) is 5.52. The molecule has 1 aliphatic heterocycles. The summed E-state index contributed by atoms with van der Waals surface area (Å²) in [5.41, 5.74) is 1.72. The summed E-state index contributed by atoms with van der Waals surface area (Å²) in [6.45, 7) is 4.48. The number of pyridine rings is 2. The van der Waals surface area contributed by atoms with Crippen molar-refractivity contribution in [2.45, 2.75) is 83.1 Å². The number of carbonyl (C=O) groups excluding carboxylic acids is 3. The van der Waals surface area contributed by atoms with Crippen LogP contribution in [0.4, 0.5) is 19.0 Å². The topological polar surface area (TPSA) is 147 Å². The van der Waals surface area contributed by atoms with Crippen molar-refractivity contribution in [1.29, 1.82) is 0 Å². The Labute approximate surface area is 278 Å². The van der Waals surface area contributed by atoms with Gasteiger partial charge < -0.3 is 15.3 Å². The van der Waals surface area contributed by atoms with E-state index in [1.54, 1.807) is 31.5 Å². The number of piperidine rings is 1. The fourth-order valence-corrected chi connectivity index (χ4v) is 7.58. The van der Waals surface area contributed by atoms with Gasteiger partial charge in [-0.3, -0.25) is 28.8 Å². The van der Waals surface area contributed by atoms with E-state index in [-0.39, 0.29) is 35.8 Å². The van der Waals surface area contributed by atoms with E-state index in [9.17, 15) is 37.5 Å². The second kappa shape index (κ2) is 11.5. The van der Waals surface area contributed by atoms with E-state index in [1.807, 2.05) is 13.0 Å². The highest BCUT2D eigenvalue weighted by Gasteiger charge is 2.53. The first-order valence-electron chi connectivity index (χ1n) is 16.1. The van der Waals surface area contributed by atoms with E-state index in [0.29, 0.717) is 70.8 Å². The SMILES string of the molecule is CC(=O)c1nn(CC(=O)N2[C@H]3CC[C@H](C3)[C@H]2C(=O)Nc2nc(C(F)(F)F)ccc2C)c2c(C)cc(-c3cncc(C4(C(=O)O)CC4)c3)cc12. The first-order valence-corrected chi connectivity index (χ1v) is 16.1. The van der Waals surface area contributed by atoms with E-state index >= 15 is 0 Å². The largest absolute Gasteiger partial charge is 0.481 e. The van der Waals surface area contributed by atoms with Crippen LogP contribution in [0, 0.1) is 19.8 Å². The lowest BCUT2D eigenvalue weighted by atomic mass is 9.94. The number of carboxylic acid groups (broad SMARTS) is 1. The summed E-state index contributed by atoms with van der Waals surface area (Å²) in [5, 5.41) is 17.4. The first-order chi connectivity index (χ1) is 23.2. The minimum atomic E-state index is -4.69. The summed E-state index contributed by atoms with van der Waals surface area (Å²) in [6.07, 6.45) is 1.56. The number of likely N-dealkylation sites (tertiary alicyclic amines) is 1. The van der Waals surface area contributed by atoms with Crippen molar-refractivity contribution in [3.8, 4) is 11.1 Å². The van der Waals surface area contributed by atoms with Gasteiger partial charge >= 0.3 is 12.1 Å². The van der Waals surface area contributed by atoms with E-state index in [4.69, 9.17) is 0 Å². The highest BCUT2D eigenvalue weighted by atomic mass is 19.4. The minimum Gasteiger partial charge on any atom is -0.481 e. The summed E-state index contributed by atoms with van der Waals surface area (Å²) in [5.74, 6) is -2.57. The number of amides is 2. The molecule has 2 aliphatic carbocycles. The molecule has 3 atom stereocenters. The number of halogens is 3. The predicted octanol–water partition coefficient (Wildman–Crippen LogP) is 5.47. The van der Waals surface area contributed by atoms with Crippen molar-refractivity contribution in [1.82, 2.24) is 24.6 Å². The number of aryl methyl sites for hydroxylation is 2. The van der Waals surface area contributed by atoms with Gasteiger partial charge in [0, 0.05) is 36.3 Å². The average molecular weight is 675 g/mol. The van der Waals surface area contributed by atoms with Crippen molar-refractivity contribution in [3.05, 3.63) is 70.8 Å². The van der Waals surface area contributed by atoms with Gasteiger partial charge in [0.25, 0.3) is 0 Å². The van der Waals surface area contributed by atoms with Crippen LogP contribution in [0.1, 0.15) is 71.9 Å². The molecule has 2 saturated carbocycles. The minimum absolute atomic E-state index is 0.157. The van der Waals surface area contributed by atoms with Crippen LogP contribution in [0.25, 0.3) is 22.0 Å². The number of nitrogens with one attached hydrogen (secondary N) is 1. The van der Waals surface area contributed by atoms with Crippen LogP contribution in [-0.2, 0) is 32.5 Å². The van der Waals surface area contributed by atoms with Crippen LogP contribution in [0.3, 0.4) is 0 Å². The van der Waals surface area contributed by atoms with Gasteiger partial charge in [0.05, 0.1) is 10.9 Å². The molecule has 0 spiro atoms. The monoisotopic (exact) mass is 674 g/mol. The molecule has 49 heavy (non-hydrogen) atoms. The van der Waals surface area contributed by atoms with Gasteiger partial charge in [0.15, 0.2) is 5.78 Å². The number of benzene rings is 1. The molecule has 3 aliphatic rings. The van der Waals surface area contributed by atoms with Crippen LogP contribution >= 0.6 is 0 Å². The third-order valence-corrected chi connectivity index (χ3v) is 10.2. The molecule has 2 N–H and O–H groups in total. The van der Waals surface area contributed by atoms with E-state index in [0.717, 1.165) is 6.07 Å². The lowest BCUT2D eigenvalue weighted by Gasteiger charge is -2.34. The average Bonchev–Trinajstić information content (AvgIpc) is 3.40. The van der Waals surface area contributed by atoms with Crippen molar-refractivity contribution >= 4 is 40.3 Å². The van der Waals surface area contributed by atoms with Gasteiger partial charge in [-0.2, -0.15) is 18.3 Å². The molecule has 2 bridgehead atoms. The summed E-state index contributed by atoms with van der Waals surface area (Å²) < 4.78 is 41.5. The number of rotatable bonds is 8. The highest BCUT2D eigenvalue weighted by molar-refractivity contribution is 6.07. The molecule has 11 nitrogen and oxygen atoms in total. The number of aromatic nitrogens is 4. The Kier molecular flexibility index (Phi) is 7.60. The van der Waals surface area contributed by atoms with Gasteiger partial charge in [0.2, 0.25) is 11.8 Å². The Morgan fingerprint density at radius 1 is 1.02 bits per heavy atom. The zero-order valence-electron chi connectivity index (χ0n) is 27.0. The number of carboxylic acids is 1. The smallest absolute Gasteiger partial charge is 0.433 e. The summed E-state index contributed by atoms with van der Waals surface area (Å²) in [4.78, 5) is 61.8. The maximum Gasteiger partial charge on any atom is 0.433 e. The molecular formula is C35H33F3N6O5. The van der Waals surface area contributed by atoms with E-state index < -0.39 is 41.1 Å². The first kappa shape index (κ1) is 32.4. The molecule has 4 aromatic rings. The second-order valence-corrected chi connectivity index (χ2v) is 13.4. The van der Waals surface area contributed by atoms with E-state index in [1.165, 1.54) is 22.6 Å². The number of hydrogen-bond acceptors (Lipinski definition) is 7. The van der Waals surface area contributed by atoms with Crippen LogP contribution in [0.15, 0.2) is 42.7 Å². The van der Waals surface area contributed by atoms with Crippen molar-refractivity contribution in [2.75, 3.05) is 5.32 Å². The molecule has 7 rings (SSSR count). The highest BCUT2D eigenvalue weighted by Crippen LogP contribution is 2.49. The molecule has 2 amide bonds. The molecular weight excluding hydrogens is 641 g/mol. The van der Waals surface area contributed by atoms with Gasteiger partial charge in [-0.1, -0.05) is 6.07 Å². The number of alkyl halides is 3. The van der Waals surface area contributed by atoms with Gasteiger partial charge in [-0.25, -0.2) is 4.98 Å². The number of ketones is 1. The standard InChI is InChI=1S/C35H33F3N6O5/c1-17-4-7-26(35(36,37)38)40-31(17)41-32(47)30-20-5-6-24(12-20)44(30)27(46)16-43-29-18(2)10-21(13-25(29)28(42-43)19(3)45)22-11-23(15-39-14-22)34(8-9-34)33(48)49/h4,7,10-11,13-15,20,24,30H,5-6,8-9,12,16H2,1-3H3,(H,48,49)(H,40,41,47)/t20-,24+,30+/m1/s1. The van der Waals surface area contributed by atoms with Gasteiger partial charge in [0.1, 0.15) is 29.8 Å². The van der Waals surface area contributed by atoms with Crippen molar-refractivity contribution in [3.63, 3.8) is 0 Å². The van der Waals surface area contributed by atoms with E-state index in [2.05, 4.69) is 20.4 Å². The molecule has 0 unspecified atom stereocenters. The van der Waals surface area contributed by atoms with Crippen LogP contribution in [0.5, 0.6) is 0 Å². The Bertz CT molecular complexity index is 2070. The summed E-state index contributed by atoms with van der Waals surface area (Å²) >= 11 is 0. The van der Waals surface area contributed by atoms with Crippen LogP contribution in [-0.4, -0.2) is 65.4 Å². The lowest BCUT2D eigenvalue weighted by molar-refractivity contribution is -0.141. The fraction of sp³-hybridized carbons (Fsp3) is 0.400. The quantitative estimate of drug-likeness (QED) is 0.234. The maximum atomic E-state index is 14.0. The Morgan fingerprint density at radius 3 is 2.45 bits per heavy atom. The summed E-state index contributed by atoms with van der Waals surface area (Å²) in [6, 6.07) is 6.44. The second-order valence-electron chi connectivity index (χ2n) is 13.4. The van der Waals surface area contributed by atoms with Gasteiger partial charge in [-0.15, -0.1) is 0 Å². The number of anilines is 1. The predicted molar refractivity (Wildman–Crippen MR) is 171 cm³/mol. The van der Waals surface area contributed by atoms with Crippen molar-refractivity contribution in [2.24, 2.45) is 5.92 Å². The lowest BCUT2D eigenvalue weighted by Crippen LogP contribution is -2.52. The number of carbonyl (C=O) groups is 4. The Morgan fingerprint density at radius 2 is 1.78 bits per heavy atom. The zero-order valence-corrected chi connectivity index (χ0v) is 27.0. The van der Waals surface area contributed by atoms with Crippen molar-refractivity contribution < 1.29 is 37.5 Å². The number of Topliss-reactive ketones (excluding diaryl/α,β-unsaturated/α-hetero) is 1. The van der Waals surface area contributed by atoms with Gasteiger partial charge in [-0.05, 0) is 98.4 Å². The zero-order chi connectivity index (χ0) is 35.0. The Balaban J connectivity index is 1.19. The molecule has 1 saturated heterocycles. The Hall–Kier alpha value is -5.14.